The molecule has 2 aromatic carbocycles. The summed E-state index contributed by atoms with van der Waals surface area (Å²) in [5.41, 5.74) is 1.36. The van der Waals surface area contributed by atoms with Crippen molar-refractivity contribution in [2.24, 2.45) is 52.3 Å². The fourth-order valence-corrected chi connectivity index (χ4v) is 11.3. The minimum atomic E-state index is -0.514. The van der Waals surface area contributed by atoms with Crippen molar-refractivity contribution in [3.63, 3.8) is 0 Å². The Balaban J connectivity index is 1.22. The van der Waals surface area contributed by atoms with Gasteiger partial charge in [-0.2, -0.15) is 0 Å². The highest BCUT2D eigenvalue weighted by atomic mass is 35.5. The second kappa shape index (κ2) is 14.1. The fourth-order valence-electron chi connectivity index (χ4n) is 11.1. The van der Waals surface area contributed by atoms with E-state index in [-0.39, 0.29) is 5.41 Å². The molecule has 4 aliphatic rings. The van der Waals surface area contributed by atoms with E-state index in [0.717, 1.165) is 42.9 Å². The second-order valence-electron chi connectivity index (χ2n) is 16.5. The number of rotatable bonds is 9. The largest absolute Gasteiger partial charge is 0.455 e. The van der Waals surface area contributed by atoms with Crippen molar-refractivity contribution in [1.82, 2.24) is 0 Å². The SMILES string of the molecule is CC(C)CCC[C@@H](C)[C@@H]1CC[C@@H]2[C@@H]3CC[C@H]4C[C@H](OC(=O)c5ccc(Cl)cc5)[C@H](OC(=O)c5ccc(Cl)cc5)C[C@]4(C)[C@@H]3CC[C@]21C. The van der Waals surface area contributed by atoms with Crippen LogP contribution in [0.15, 0.2) is 48.5 Å². The third kappa shape index (κ3) is 7.03. The molecule has 0 aliphatic heterocycles. The van der Waals surface area contributed by atoms with Gasteiger partial charge in [-0.05, 0) is 152 Å². The number of ether oxygens (including phenoxy) is 2. The van der Waals surface area contributed by atoms with E-state index in [9.17, 15) is 9.59 Å². The molecule has 6 rings (SSSR count). The standard InChI is InChI=1S/C41H54Cl2O4/c1-25(2)7-6-8-26(3)33-19-20-34-32-18-13-29-23-36(46-38(44)27-9-14-30(42)15-10-27)37(47-39(45)28-11-16-31(43)17-12-28)24-41(29,5)35(32)21-22-40(33,34)4/h9-12,14-17,25-26,29,32-37H,6-8,13,18-24H2,1-5H3/t26-,29+,32+,33+,34-,35-,36+,37-,40+,41+/m1/s1. The first kappa shape index (κ1) is 34.8. The highest BCUT2D eigenvalue weighted by Crippen LogP contribution is 2.68. The maximum atomic E-state index is 13.5. The van der Waals surface area contributed by atoms with Gasteiger partial charge in [-0.25, -0.2) is 9.59 Å². The van der Waals surface area contributed by atoms with E-state index in [1.807, 2.05) is 0 Å². The normalized spacial score (nSPS) is 35.4. The lowest BCUT2D eigenvalue weighted by Gasteiger charge is -2.62. The molecular weight excluding hydrogens is 627 g/mol. The molecule has 4 fully saturated rings. The van der Waals surface area contributed by atoms with E-state index in [2.05, 4.69) is 34.6 Å². The lowest BCUT2D eigenvalue weighted by Crippen LogP contribution is -2.58. The van der Waals surface area contributed by atoms with Crippen molar-refractivity contribution in [2.75, 3.05) is 0 Å². The molecule has 6 heteroatoms. The minimum absolute atomic E-state index is 0.0271. The van der Waals surface area contributed by atoms with Gasteiger partial charge in [0, 0.05) is 10.0 Å². The molecule has 0 aromatic heterocycles. The number of carbonyl (C=O) groups excluding carboxylic acids is 2. The number of fused-ring (bicyclic) bond motifs is 5. The summed E-state index contributed by atoms with van der Waals surface area (Å²) in [6.07, 6.45) is 12.1. The summed E-state index contributed by atoms with van der Waals surface area (Å²) in [6, 6.07) is 13.6. The van der Waals surface area contributed by atoms with Gasteiger partial charge in [0.05, 0.1) is 11.1 Å². The van der Waals surface area contributed by atoms with Crippen LogP contribution in [0.3, 0.4) is 0 Å². The van der Waals surface area contributed by atoms with Crippen molar-refractivity contribution < 1.29 is 19.1 Å². The first-order valence-electron chi connectivity index (χ1n) is 18.3. The summed E-state index contributed by atoms with van der Waals surface area (Å²) in [4.78, 5) is 26.8. The average molecular weight is 682 g/mol. The van der Waals surface area contributed by atoms with Crippen LogP contribution in [0.4, 0.5) is 0 Å². The van der Waals surface area contributed by atoms with Crippen LogP contribution in [0, 0.1) is 52.3 Å². The molecule has 2 aromatic rings. The summed E-state index contributed by atoms with van der Waals surface area (Å²) >= 11 is 12.2. The van der Waals surface area contributed by atoms with Crippen LogP contribution in [-0.2, 0) is 9.47 Å². The molecule has 0 bridgehead atoms. The zero-order chi connectivity index (χ0) is 33.5. The lowest BCUT2D eigenvalue weighted by atomic mass is 9.44. The van der Waals surface area contributed by atoms with Gasteiger partial charge in [-0.15, -0.1) is 0 Å². The number of hydrogen-bond donors (Lipinski definition) is 0. The predicted octanol–water partition coefficient (Wildman–Crippen LogP) is 11.5. The number of halogens is 2. The molecule has 0 unspecified atom stereocenters. The molecule has 0 heterocycles. The molecule has 0 spiro atoms. The van der Waals surface area contributed by atoms with Gasteiger partial charge < -0.3 is 9.47 Å². The molecule has 0 saturated heterocycles. The van der Waals surface area contributed by atoms with Crippen LogP contribution in [0.1, 0.15) is 126 Å². The van der Waals surface area contributed by atoms with Crippen LogP contribution >= 0.6 is 23.2 Å². The Kier molecular flexibility index (Phi) is 10.4. The predicted molar refractivity (Wildman–Crippen MR) is 190 cm³/mol. The monoisotopic (exact) mass is 680 g/mol. The summed E-state index contributed by atoms with van der Waals surface area (Å²) in [6.45, 7) is 12.3. The first-order chi connectivity index (χ1) is 22.4. The van der Waals surface area contributed by atoms with Crippen LogP contribution in [0.5, 0.6) is 0 Å². The van der Waals surface area contributed by atoms with Crippen LogP contribution in [0.25, 0.3) is 0 Å². The van der Waals surface area contributed by atoms with Gasteiger partial charge in [0.1, 0.15) is 12.2 Å². The molecule has 0 amide bonds. The van der Waals surface area contributed by atoms with Gasteiger partial charge >= 0.3 is 11.9 Å². The molecular formula is C41H54Cl2O4. The van der Waals surface area contributed by atoms with Crippen molar-refractivity contribution in [3.05, 3.63) is 69.7 Å². The number of hydrogen-bond acceptors (Lipinski definition) is 4. The van der Waals surface area contributed by atoms with Crippen molar-refractivity contribution >= 4 is 35.1 Å². The van der Waals surface area contributed by atoms with Crippen LogP contribution in [0.2, 0.25) is 10.0 Å². The summed E-state index contributed by atoms with van der Waals surface area (Å²) in [5.74, 6) is 4.10. The van der Waals surface area contributed by atoms with E-state index in [0.29, 0.717) is 44.3 Å². The van der Waals surface area contributed by atoms with E-state index in [4.69, 9.17) is 32.7 Å². The molecule has 47 heavy (non-hydrogen) atoms. The molecule has 256 valence electrons. The Hall–Kier alpha value is -2.04. The van der Waals surface area contributed by atoms with Crippen molar-refractivity contribution in [1.29, 1.82) is 0 Å². The van der Waals surface area contributed by atoms with Crippen LogP contribution in [-0.4, -0.2) is 24.1 Å². The maximum Gasteiger partial charge on any atom is 0.338 e. The zero-order valence-corrected chi connectivity index (χ0v) is 30.5. The number of benzene rings is 2. The quantitative estimate of drug-likeness (QED) is 0.247. The van der Waals surface area contributed by atoms with Crippen molar-refractivity contribution in [3.8, 4) is 0 Å². The van der Waals surface area contributed by atoms with Crippen molar-refractivity contribution in [2.45, 2.75) is 117 Å². The molecule has 4 nitrogen and oxygen atoms in total. The molecule has 4 aliphatic carbocycles. The average Bonchev–Trinajstić information content (AvgIpc) is 3.39. The topological polar surface area (TPSA) is 52.6 Å². The third-order valence-electron chi connectivity index (χ3n) is 13.5. The first-order valence-corrected chi connectivity index (χ1v) is 19.1. The molecule has 4 saturated carbocycles. The highest BCUT2D eigenvalue weighted by molar-refractivity contribution is 6.31. The smallest absolute Gasteiger partial charge is 0.338 e. The van der Waals surface area contributed by atoms with Gasteiger partial charge in [-0.1, -0.05) is 77.1 Å². The Labute approximate surface area is 292 Å². The summed E-state index contributed by atoms with van der Waals surface area (Å²) in [5, 5.41) is 1.14. The molecule has 10 atom stereocenters. The third-order valence-corrected chi connectivity index (χ3v) is 14.0. The van der Waals surface area contributed by atoms with Gasteiger partial charge in [0.2, 0.25) is 0 Å². The fraction of sp³-hybridized carbons (Fsp3) is 0.659. The summed E-state index contributed by atoms with van der Waals surface area (Å²) in [7, 11) is 0. The minimum Gasteiger partial charge on any atom is -0.455 e. The Morgan fingerprint density at radius 1 is 0.745 bits per heavy atom. The maximum absolute atomic E-state index is 13.5. The van der Waals surface area contributed by atoms with E-state index in [1.165, 1.54) is 51.4 Å². The molecule has 0 radical (unpaired) electrons. The van der Waals surface area contributed by atoms with Crippen LogP contribution < -0.4 is 0 Å². The van der Waals surface area contributed by atoms with Gasteiger partial charge in [0.25, 0.3) is 0 Å². The number of esters is 2. The molecule has 0 N–H and O–H groups in total. The second-order valence-corrected chi connectivity index (χ2v) is 17.4. The highest BCUT2D eigenvalue weighted by Gasteiger charge is 2.62. The van der Waals surface area contributed by atoms with Gasteiger partial charge in [-0.3, -0.25) is 0 Å². The Morgan fingerprint density at radius 3 is 1.91 bits per heavy atom. The van der Waals surface area contributed by atoms with E-state index in [1.54, 1.807) is 48.5 Å². The number of carbonyl (C=O) groups is 2. The Bertz CT molecular complexity index is 1410. The Morgan fingerprint density at radius 2 is 1.32 bits per heavy atom. The van der Waals surface area contributed by atoms with E-state index < -0.39 is 24.1 Å². The van der Waals surface area contributed by atoms with E-state index >= 15 is 0 Å². The summed E-state index contributed by atoms with van der Waals surface area (Å²) < 4.78 is 12.5. The zero-order valence-electron chi connectivity index (χ0n) is 29.0. The lowest BCUT2D eigenvalue weighted by molar-refractivity contribution is -0.163. The van der Waals surface area contributed by atoms with Gasteiger partial charge in [0.15, 0.2) is 0 Å².